The van der Waals surface area contributed by atoms with E-state index in [1.807, 2.05) is 0 Å². The number of hydrogen-bond acceptors (Lipinski definition) is 4. The number of aliphatic hydroxyl groups is 1. The Morgan fingerprint density at radius 2 is 1.63 bits per heavy atom. The summed E-state index contributed by atoms with van der Waals surface area (Å²) in [4.78, 5) is 13.0. The monoisotopic (exact) mass is 588 g/mol. The zero-order valence-electron chi connectivity index (χ0n) is 27.6. The molecule has 5 saturated carbocycles. The Labute approximate surface area is 260 Å². The molecule has 0 bridgehead atoms. The molecule has 0 aliphatic heterocycles. The molecule has 4 heteroatoms. The number of rotatable bonds is 5. The molecule has 1 aromatic rings. The summed E-state index contributed by atoms with van der Waals surface area (Å²) in [5.41, 5.74) is 2.98. The van der Waals surface area contributed by atoms with Crippen molar-refractivity contribution < 1.29 is 19.7 Å². The van der Waals surface area contributed by atoms with Crippen molar-refractivity contribution in [2.45, 2.75) is 112 Å². The fraction of sp³-hybridized carbons (Fsp3) is 0.718. The normalized spacial score (nSPS) is 45.0. The minimum absolute atomic E-state index is 0.0894. The molecule has 0 saturated heterocycles. The van der Waals surface area contributed by atoms with Gasteiger partial charge in [0.2, 0.25) is 0 Å². The number of fused-ring (bicyclic) bond motifs is 7. The fourth-order valence-corrected chi connectivity index (χ4v) is 12.7. The number of phenols is 1. The van der Waals surface area contributed by atoms with E-state index >= 15 is 0 Å². The quantitative estimate of drug-likeness (QED) is 0.205. The summed E-state index contributed by atoms with van der Waals surface area (Å²) in [5.74, 6) is 2.90. The number of carbonyl (C=O) groups is 1. The third-order valence-electron chi connectivity index (χ3n) is 15.1. The Balaban J connectivity index is 1.23. The minimum atomic E-state index is -0.276. The van der Waals surface area contributed by atoms with Crippen LogP contribution in [0.25, 0.3) is 6.08 Å². The van der Waals surface area contributed by atoms with Crippen molar-refractivity contribution in [2.75, 3.05) is 6.61 Å². The molecule has 2 N–H and O–H groups in total. The first-order chi connectivity index (χ1) is 20.2. The molecule has 236 valence electrons. The van der Waals surface area contributed by atoms with Gasteiger partial charge in [-0.05, 0) is 146 Å². The second-order valence-corrected chi connectivity index (χ2v) is 16.9. The number of ether oxygens (including phenoxy) is 1. The summed E-state index contributed by atoms with van der Waals surface area (Å²) in [5, 5.41) is 20.3. The number of allylic oxidation sites excluding steroid dienone is 1. The molecule has 43 heavy (non-hydrogen) atoms. The molecule has 5 aliphatic carbocycles. The summed E-state index contributed by atoms with van der Waals surface area (Å²) >= 11 is 0. The van der Waals surface area contributed by atoms with Crippen molar-refractivity contribution >= 4 is 12.0 Å². The molecule has 0 spiro atoms. The number of esters is 1. The number of aliphatic hydroxyl groups excluding tert-OH is 1. The second kappa shape index (κ2) is 10.5. The number of carbonyl (C=O) groups excluding carboxylic acids is 1. The average Bonchev–Trinajstić information content (AvgIpc) is 3.35. The van der Waals surface area contributed by atoms with E-state index in [1.54, 1.807) is 30.3 Å². The van der Waals surface area contributed by atoms with Crippen LogP contribution in [-0.2, 0) is 9.53 Å². The molecule has 6 rings (SSSR count). The summed E-state index contributed by atoms with van der Waals surface area (Å²) in [6.07, 6.45) is 15.0. The topological polar surface area (TPSA) is 66.8 Å². The van der Waals surface area contributed by atoms with Crippen molar-refractivity contribution in [3.05, 3.63) is 48.1 Å². The van der Waals surface area contributed by atoms with Crippen LogP contribution in [0.3, 0.4) is 0 Å². The maximum Gasteiger partial charge on any atom is 0.331 e. The van der Waals surface area contributed by atoms with Crippen molar-refractivity contribution in [3.8, 4) is 5.75 Å². The van der Waals surface area contributed by atoms with Gasteiger partial charge in [-0.2, -0.15) is 0 Å². The fourth-order valence-electron chi connectivity index (χ4n) is 12.7. The molecule has 0 radical (unpaired) electrons. The number of hydrogen-bond donors (Lipinski definition) is 2. The van der Waals surface area contributed by atoms with Gasteiger partial charge in [-0.1, -0.05) is 58.9 Å². The van der Waals surface area contributed by atoms with Gasteiger partial charge in [0.25, 0.3) is 0 Å². The van der Waals surface area contributed by atoms with Gasteiger partial charge in [0.1, 0.15) is 11.9 Å². The van der Waals surface area contributed by atoms with E-state index in [9.17, 15) is 15.0 Å². The summed E-state index contributed by atoms with van der Waals surface area (Å²) in [7, 11) is 0. The summed E-state index contributed by atoms with van der Waals surface area (Å²) in [6, 6.07) is 6.85. The van der Waals surface area contributed by atoms with Gasteiger partial charge in [-0.15, -0.1) is 0 Å². The average molecular weight is 589 g/mol. The molecule has 0 heterocycles. The number of benzene rings is 1. The van der Waals surface area contributed by atoms with E-state index in [4.69, 9.17) is 4.74 Å². The predicted molar refractivity (Wildman–Crippen MR) is 173 cm³/mol. The van der Waals surface area contributed by atoms with Crippen molar-refractivity contribution in [2.24, 2.45) is 56.7 Å². The van der Waals surface area contributed by atoms with Gasteiger partial charge in [-0.25, -0.2) is 4.79 Å². The first-order valence-corrected chi connectivity index (χ1v) is 17.2. The van der Waals surface area contributed by atoms with Gasteiger partial charge < -0.3 is 14.9 Å². The zero-order valence-corrected chi connectivity index (χ0v) is 27.6. The van der Waals surface area contributed by atoms with Crippen LogP contribution in [0.15, 0.2) is 42.5 Å². The van der Waals surface area contributed by atoms with Crippen LogP contribution in [0.2, 0.25) is 0 Å². The molecule has 1 aromatic carbocycles. The predicted octanol–water partition coefficient (Wildman–Crippen LogP) is 8.97. The molecular weight excluding hydrogens is 532 g/mol. The lowest BCUT2D eigenvalue weighted by Gasteiger charge is -2.73. The number of phenolic OH excluding ortho intramolecular Hbond substituents is 1. The third-order valence-corrected chi connectivity index (χ3v) is 15.1. The van der Waals surface area contributed by atoms with E-state index < -0.39 is 0 Å². The summed E-state index contributed by atoms with van der Waals surface area (Å²) < 4.78 is 6.21. The molecular formula is C39H56O4. The lowest BCUT2D eigenvalue weighted by molar-refractivity contribution is -0.251. The summed E-state index contributed by atoms with van der Waals surface area (Å²) in [6.45, 7) is 19.7. The van der Waals surface area contributed by atoms with Crippen LogP contribution in [-0.4, -0.2) is 28.9 Å². The highest BCUT2D eigenvalue weighted by Gasteiger charge is 2.71. The van der Waals surface area contributed by atoms with Crippen LogP contribution < -0.4 is 0 Å². The highest BCUT2D eigenvalue weighted by Crippen LogP contribution is 2.77. The molecule has 0 unspecified atom stereocenters. The van der Waals surface area contributed by atoms with Crippen molar-refractivity contribution in [1.29, 1.82) is 0 Å². The molecule has 5 fully saturated rings. The molecule has 5 aliphatic rings. The van der Waals surface area contributed by atoms with Gasteiger partial charge in [-0.3, -0.25) is 0 Å². The maximum absolute atomic E-state index is 13.0. The Morgan fingerprint density at radius 3 is 2.30 bits per heavy atom. The SMILES string of the molecule is C=C(C)[C@@H]1CC[C@]2(CO)CC[C@]3(C)[C@@H](CC[C@H]4[C@@]5(C)CC[C@H](OC(=O)/C=C/c6ccc(O)cc6)C(C)(C)[C@H]5CC[C@]43C)[C@@H]12. The first-order valence-electron chi connectivity index (χ1n) is 17.2. The zero-order chi connectivity index (χ0) is 31.0. The maximum atomic E-state index is 13.0. The second-order valence-electron chi connectivity index (χ2n) is 16.9. The van der Waals surface area contributed by atoms with Gasteiger partial charge in [0.15, 0.2) is 0 Å². The van der Waals surface area contributed by atoms with E-state index in [-0.39, 0.29) is 44.9 Å². The largest absolute Gasteiger partial charge is 0.508 e. The van der Waals surface area contributed by atoms with Crippen LogP contribution in [0.1, 0.15) is 111 Å². The lowest BCUT2D eigenvalue weighted by atomic mass is 9.32. The molecule has 10 atom stereocenters. The molecule has 0 amide bonds. The lowest BCUT2D eigenvalue weighted by Crippen LogP contribution is -2.67. The van der Waals surface area contributed by atoms with Crippen molar-refractivity contribution in [3.63, 3.8) is 0 Å². The van der Waals surface area contributed by atoms with Gasteiger partial charge >= 0.3 is 5.97 Å². The first kappa shape index (κ1) is 30.9. The number of aromatic hydroxyl groups is 1. The minimum Gasteiger partial charge on any atom is -0.508 e. The van der Waals surface area contributed by atoms with Gasteiger partial charge in [0.05, 0.1) is 0 Å². The van der Waals surface area contributed by atoms with E-state index in [0.717, 1.165) is 31.2 Å². The standard InChI is InChI=1S/C39H56O4/c1-25(2)28-16-21-39(24-40)23-22-37(6)29(34(28)39)13-14-31-36(5)19-18-32(35(3,4)30(36)17-20-38(31,37)7)43-33(42)15-10-26-8-11-27(41)12-9-26/h8-12,15,28-32,34,40-41H,1,13-14,16-24H2,2-7H3/b15-10+/t28-,29-,30+,31-,32-,34+,36-,37+,38+,39+/m0/s1. The highest BCUT2D eigenvalue weighted by atomic mass is 16.5. The van der Waals surface area contributed by atoms with Crippen LogP contribution in [0, 0.1) is 56.7 Å². The van der Waals surface area contributed by atoms with Gasteiger partial charge in [0, 0.05) is 18.1 Å². The highest BCUT2D eigenvalue weighted by molar-refractivity contribution is 5.87. The smallest absolute Gasteiger partial charge is 0.331 e. The van der Waals surface area contributed by atoms with Crippen LogP contribution in [0.4, 0.5) is 0 Å². The Kier molecular flexibility index (Phi) is 7.55. The van der Waals surface area contributed by atoms with Crippen LogP contribution in [0.5, 0.6) is 5.75 Å². The Morgan fingerprint density at radius 1 is 0.907 bits per heavy atom. The third kappa shape index (κ3) is 4.50. The van der Waals surface area contributed by atoms with E-state index in [1.165, 1.54) is 50.2 Å². The van der Waals surface area contributed by atoms with Crippen molar-refractivity contribution in [1.82, 2.24) is 0 Å². The molecule has 0 aromatic heterocycles. The Bertz CT molecular complexity index is 1280. The Hall–Kier alpha value is -2.07. The van der Waals surface area contributed by atoms with Crippen LogP contribution >= 0.6 is 0 Å². The molecule has 4 nitrogen and oxygen atoms in total. The van der Waals surface area contributed by atoms with E-state index in [2.05, 4.69) is 48.1 Å². The van der Waals surface area contributed by atoms with E-state index in [0.29, 0.717) is 36.2 Å².